The smallest absolute Gasteiger partial charge is 0.243 e. The Hall–Kier alpha value is -2.18. The first kappa shape index (κ1) is 29.4. The summed E-state index contributed by atoms with van der Waals surface area (Å²) in [6.07, 6.45) is 1.17. The summed E-state index contributed by atoms with van der Waals surface area (Å²) in [5.74, 6) is 0.442. The quantitative estimate of drug-likeness (QED) is 0.243. The van der Waals surface area contributed by atoms with Crippen LogP contribution in [0.3, 0.4) is 0 Å². The van der Waals surface area contributed by atoms with Crippen molar-refractivity contribution in [1.29, 1.82) is 0 Å². The molecule has 3 rings (SSSR count). The molecule has 2 atom stereocenters. The zero-order chi connectivity index (χ0) is 26.8. The number of thioether (sulfide) groups is 1. The third-order valence-electron chi connectivity index (χ3n) is 6.07. The van der Waals surface area contributed by atoms with Crippen LogP contribution in [0, 0.1) is 0 Å². The summed E-state index contributed by atoms with van der Waals surface area (Å²) in [6, 6.07) is 21.8. The van der Waals surface area contributed by atoms with Gasteiger partial charge in [0.25, 0.3) is 0 Å². The van der Waals surface area contributed by atoms with Crippen LogP contribution >= 0.6 is 46.6 Å². The van der Waals surface area contributed by atoms with E-state index in [-0.39, 0.29) is 30.2 Å². The fourth-order valence-electron chi connectivity index (χ4n) is 3.78. The minimum absolute atomic E-state index is 0.0172. The Labute approximate surface area is 238 Å². The molecule has 0 aliphatic rings. The third-order valence-corrected chi connectivity index (χ3v) is 7.99. The molecule has 0 aliphatic carbocycles. The van der Waals surface area contributed by atoms with Gasteiger partial charge < -0.3 is 10.2 Å². The van der Waals surface area contributed by atoms with Gasteiger partial charge in [0.15, 0.2) is 0 Å². The normalized spacial score (nSPS) is 12.6. The van der Waals surface area contributed by atoms with Gasteiger partial charge in [0, 0.05) is 39.8 Å². The molecule has 3 aromatic rings. The van der Waals surface area contributed by atoms with Crippen LogP contribution in [0.4, 0.5) is 0 Å². The van der Waals surface area contributed by atoms with Crippen LogP contribution in [0.25, 0.3) is 0 Å². The number of nitrogens with zero attached hydrogens (tertiary/aromatic N) is 1. The molecule has 0 spiro atoms. The second kappa shape index (κ2) is 14.7. The second-order valence-corrected chi connectivity index (χ2v) is 11.1. The van der Waals surface area contributed by atoms with Crippen molar-refractivity contribution < 1.29 is 9.59 Å². The van der Waals surface area contributed by atoms with E-state index in [0.29, 0.717) is 27.2 Å². The molecule has 0 saturated carbocycles. The summed E-state index contributed by atoms with van der Waals surface area (Å²) in [5, 5.41) is 4.71. The van der Waals surface area contributed by atoms with Crippen LogP contribution in [0.1, 0.15) is 37.0 Å². The van der Waals surface area contributed by atoms with Crippen LogP contribution in [0.5, 0.6) is 0 Å². The highest BCUT2D eigenvalue weighted by molar-refractivity contribution is 7.99. The number of carbonyl (C=O) groups is 2. The number of nitrogens with one attached hydrogen (secondary N) is 1. The lowest BCUT2D eigenvalue weighted by Crippen LogP contribution is -2.52. The molecule has 0 unspecified atom stereocenters. The number of hydrogen-bond donors (Lipinski definition) is 1. The standard InChI is InChI=1S/C29H31Cl3N2O2S/c1-3-20(2)33-29(36)27(15-21-9-5-4-6-10-21)34(17-22-13-14-24(30)16-26(22)32)28(35)19-37-18-23-11-7-8-12-25(23)31/h4-14,16,20,27H,3,15,17-19H2,1-2H3,(H,33,36)/t20-,27+/m1/s1. The van der Waals surface area contributed by atoms with Crippen molar-refractivity contribution in [3.63, 3.8) is 0 Å². The van der Waals surface area contributed by atoms with Gasteiger partial charge >= 0.3 is 0 Å². The van der Waals surface area contributed by atoms with E-state index in [1.165, 1.54) is 11.8 Å². The Bertz CT molecular complexity index is 1190. The van der Waals surface area contributed by atoms with Crippen molar-refractivity contribution in [2.45, 2.75) is 51.1 Å². The lowest BCUT2D eigenvalue weighted by Gasteiger charge is -2.32. The average Bonchev–Trinajstić information content (AvgIpc) is 2.88. The van der Waals surface area contributed by atoms with Crippen LogP contribution in [-0.4, -0.2) is 34.6 Å². The molecular formula is C29H31Cl3N2O2S. The predicted octanol–water partition coefficient (Wildman–Crippen LogP) is 7.43. The maximum atomic E-state index is 13.7. The highest BCUT2D eigenvalue weighted by Gasteiger charge is 2.31. The predicted molar refractivity (Wildman–Crippen MR) is 156 cm³/mol. The summed E-state index contributed by atoms with van der Waals surface area (Å²) < 4.78 is 0. The SMILES string of the molecule is CC[C@@H](C)NC(=O)[C@H](Cc1ccccc1)N(Cc1ccc(Cl)cc1Cl)C(=O)CSCc1ccccc1Cl. The fraction of sp³-hybridized carbons (Fsp3) is 0.310. The van der Waals surface area contributed by atoms with Crippen molar-refractivity contribution in [2.75, 3.05) is 5.75 Å². The minimum Gasteiger partial charge on any atom is -0.352 e. The first-order valence-corrected chi connectivity index (χ1v) is 14.5. The zero-order valence-corrected chi connectivity index (χ0v) is 24.0. The van der Waals surface area contributed by atoms with Crippen LogP contribution in [0.2, 0.25) is 15.1 Å². The van der Waals surface area contributed by atoms with Crippen LogP contribution < -0.4 is 5.32 Å². The molecule has 3 aromatic carbocycles. The Morgan fingerprint density at radius 2 is 1.62 bits per heavy atom. The van der Waals surface area contributed by atoms with E-state index in [9.17, 15) is 9.59 Å². The first-order chi connectivity index (χ1) is 17.8. The van der Waals surface area contributed by atoms with E-state index < -0.39 is 6.04 Å². The molecule has 0 aliphatic heterocycles. The number of benzene rings is 3. The monoisotopic (exact) mass is 576 g/mol. The average molecular weight is 578 g/mol. The molecule has 0 heterocycles. The van der Waals surface area contributed by atoms with E-state index in [2.05, 4.69) is 5.32 Å². The highest BCUT2D eigenvalue weighted by atomic mass is 35.5. The number of hydrogen-bond acceptors (Lipinski definition) is 3. The molecule has 196 valence electrons. The van der Waals surface area contributed by atoms with Crippen molar-refractivity contribution >= 4 is 58.4 Å². The number of amides is 2. The van der Waals surface area contributed by atoms with Crippen molar-refractivity contribution in [2.24, 2.45) is 0 Å². The zero-order valence-electron chi connectivity index (χ0n) is 20.9. The molecule has 37 heavy (non-hydrogen) atoms. The maximum absolute atomic E-state index is 13.7. The second-order valence-electron chi connectivity index (χ2n) is 8.86. The van der Waals surface area contributed by atoms with Gasteiger partial charge in [0.2, 0.25) is 11.8 Å². The highest BCUT2D eigenvalue weighted by Crippen LogP contribution is 2.26. The Balaban J connectivity index is 1.89. The topological polar surface area (TPSA) is 49.4 Å². The summed E-state index contributed by atoms with van der Waals surface area (Å²) in [5.41, 5.74) is 2.66. The van der Waals surface area contributed by atoms with Crippen molar-refractivity contribution in [1.82, 2.24) is 10.2 Å². The van der Waals surface area contributed by atoms with Gasteiger partial charge in [-0.05, 0) is 48.2 Å². The van der Waals surface area contributed by atoms with Gasteiger partial charge in [-0.15, -0.1) is 11.8 Å². The Morgan fingerprint density at radius 3 is 2.30 bits per heavy atom. The van der Waals surface area contributed by atoms with Crippen molar-refractivity contribution in [3.8, 4) is 0 Å². The molecule has 8 heteroatoms. The number of halogens is 3. The van der Waals surface area contributed by atoms with Gasteiger partial charge in [0.05, 0.1) is 5.75 Å². The lowest BCUT2D eigenvalue weighted by atomic mass is 10.0. The largest absolute Gasteiger partial charge is 0.352 e. The van der Waals surface area contributed by atoms with Gasteiger partial charge in [-0.25, -0.2) is 0 Å². The van der Waals surface area contributed by atoms with Crippen LogP contribution in [-0.2, 0) is 28.3 Å². The summed E-state index contributed by atoms with van der Waals surface area (Å²) in [6.45, 7) is 4.16. The van der Waals surface area contributed by atoms with E-state index in [1.54, 1.807) is 23.1 Å². The van der Waals surface area contributed by atoms with Crippen molar-refractivity contribution in [3.05, 3.63) is 105 Å². The molecule has 0 aromatic heterocycles. The molecule has 4 nitrogen and oxygen atoms in total. The molecule has 0 bridgehead atoms. The van der Waals surface area contributed by atoms with Gasteiger partial charge in [-0.3, -0.25) is 9.59 Å². The van der Waals surface area contributed by atoms with E-state index in [4.69, 9.17) is 34.8 Å². The minimum atomic E-state index is -0.712. The van der Waals surface area contributed by atoms with Gasteiger partial charge in [-0.1, -0.05) is 96.3 Å². The van der Waals surface area contributed by atoms with Gasteiger partial charge in [0.1, 0.15) is 6.04 Å². The summed E-state index contributed by atoms with van der Waals surface area (Å²) in [4.78, 5) is 28.9. The van der Waals surface area contributed by atoms with Crippen LogP contribution in [0.15, 0.2) is 72.8 Å². The Kier molecular flexibility index (Phi) is 11.7. The maximum Gasteiger partial charge on any atom is 0.243 e. The fourth-order valence-corrected chi connectivity index (χ4v) is 5.44. The van der Waals surface area contributed by atoms with Gasteiger partial charge in [-0.2, -0.15) is 0 Å². The molecule has 1 N–H and O–H groups in total. The molecule has 0 saturated heterocycles. The van der Waals surface area contributed by atoms with E-state index >= 15 is 0 Å². The summed E-state index contributed by atoms with van der Waals surface area (Å²) in [7, 11) is 0. The van der Waals surface area contributed by atoms with E-state index in [1.807, 2.05) is 68.4 Å². The third kappa shape index (κ3) is 8.96. The first-order valence-electron chi connectivity index (χ1n) is 12.2. The number of rotatable bonds is 12. The lowest BCUT2D eigenvalue weighted by molar-refractivity contribution is -0.139. The summed E-state index contributed by atoms with van der Waals surface area (Å²) >= 11 is 20.4. The molecule has 0 fully saturated rings. The molecular weight excluding hydrogens is 547 g/mol. The molecule has 0 radical (unpaired) electrons. The molecule has 2 amide bonds. The number of carbonyl (C=O) groups excluding carboxylic acids is 2. The Morgan fingerprint density at radius 1 is 0.919 bits per heavy atom. The van der Waals surface area contributed by atoms with E-state index in [0.717, 1.165) is 23.1 Å².